The van der Waals surface area contributed by atoms with Gasteiger partial charge in [-0.2, -0.15) is 0 Å². The lowest BCUT2D eigenvalue weighted by molar-refractivity contribution is -0.138. The Balaban J connectivity index is 1.11. The number of hydrogen-bond donors (Lipinski definition) is 2. The van der Waals surface area contributed by atoms with Crippen LogP contribution in [0, 0.1) is 11.7 Å². The number of hydrogen-bond acceptors (Lipinski definition) is 4. The zero-order valence-electron chi connectivity index (χ0n) is 21.0. The summed E-state index contributed by atoms with van der Waals surface area (Å²) in [5, 5.41) is 12.5. The molecule has 0 spiro atoms. The van der Waals surface area contributed by atoms with Crippen LogP contribution in [-0.2, 0) is 24.2 Å². The molecule has 3 aromatic rings. The number of halogens is 1. The summed E-state index contributed by atoms with van der Waals surface area (Å²) in [4.78, 5) is 26.1. The molecule has 2 atom stereocenters. The molecule has 1 heterocycles. The minimum Gasteiger partial charge on any atom is -0.481 e. The lowest BCUT2D eigenvalue weighted by Crippen LogP contribution is -2.37. The molecule has 1 aliphatic heterocycles. The first-order valence-electron chi connectivity index (χ1n) is 13.1. The molecule has 2 aliphatic rings. The van der Waals surface area contributed by atoms with Gasteiger partial charge in [-0.3, -0.25) is 14.5 Å². The Hall–Kier alpha value is -3.35. The van der Waals surface area contributed by atoms with Crippen LogP contribution in [0.4, 0.5) is 4.39 Å². The molecule has 0 radical (unpaired) electrons. The number of carbonyl (C=O) groups excluding carboxylic acids is 1. The molecule has 6 heteroatoms. The summed E-state index contributed by atoms with van der Waals surface area (Å²) in [6, 6.07) is 20.8. The fourth-order valence-corrected chi connectivity index (χ4v) is 5.64. The topological polar surface area (TPSA) is 69.6 Å². The van der Waals surface area contributed by atoms with Crippen molar-refractivity contribution in [1.82, 2.24) is 10.2 Å². The van der Waals surface area contributed by atoms with Crippen LogP contribution in [0.2, 0.25) is 0 Å². The molecule has 2 N–H and O–H groups in total. The third kappa shape index (κ3) is 6.51. The van der Waals surface area contributed by atoms with Crippen LogP contribution in [0.15, 0.2) is 66.7 Å². The number of carboxylic acids is 1. The first-order chi connectivity index (χ1) is 17.9. The lowest BCUT2D eigenvalue weighted by Gasteiger charge is -2.26. The van der Waals surface area contributed by atoms with Crippen LogP contribution in [0.25, 0.3) is 11.1 Å². The zero-order valence-corrected chi connectivity index (χ0v) is 21.0. The van der Waals surface area contributed by atoms with E-state index < -0.39 is 5.97 Å². The second-order valence-electron chi connectivity index (χ2n) is 10.4. The van der Waals surface area contributed by atoms with Gasteiger partial charge in [0, 0.05) is 31.1 Å². The number of Topliss-reactive ketones (excluding diaryl/α,β-unsaturated/α-hetero) is 1. The van der Waals surface area contributed by atoms with E-state index in [9.17, 15) is 14.0 Å². The monoisotopic (exact) mass is 500 g/mol. The predicted molar refractivity (Wildman–Crippen MR) is 142 cm³/mol. The average molecular weight is 501 g/mol. The number of likely N-dealkylation sites (tertiary alicyclic amines) is 1. The van der Waals surface area contributed by atoms with E-state index in [1.165, 1.54) is 28.8 Å². The van der Waals surface area contributed by atoms with Crippen LogP contribution < -0.4 is 5.32 Å². The third-order valence-corrected chi connectivity index (χ3v) is 7.67. The molecule has 0 saturated carbocycles. The number of nitrogens with one attached hydrogen (secondary N) is 1. The summed E-state index contributed by atoms with van der Waals surface area (Å²) in [6.45, 7) is 3.00. The van der Waals surface area contributed by atoms with Gasteiger partial charge in [-0.25, -0.2) is 4.39 Å². The standard InChI is InChI=1S/C31H33FN2O3/c32-28-10-7-24(8-11-28)23-3-5-25(6-4-23)30(35)18-33-29-12-9-26-15-21(1-2-27(26)17-29)19-34-14-13-22(20-34)16-31(36)37/h1-8,10-11,15,22,29,33H,9,12-14,16-20H2,(H,36,37). The maximum absolute atomic E-state index is 13.2. The Morgan fingerprint density at radius 2 is 1.68 bits per heavy atom. The van der Waals surface area contributed by atoms with Gasteiger partial charge in [-0.05, 0) is 78.1 Å². The van der Waals surface area contributed by atoms with Gasteiger partial charge in [0.2, 0.25) is 0 Å². The van der Waals surface area contributed by atoms with Crippen LogP contribution in [0.3, 0.4) is 0 Å². The summed E-state index contributed by atoms with van der Waals surface area (Å²) in [5.41, 5.74) is 6.57. The molecule has 2 unspecified atom stereocenters. The number of benzene rings is 3. The molecule has 192 valence electrons. The molecule has 5 rings (SSSR count). The molecule has 3 aromatic carbocycles. The Morgan fingerprint density at radius 1 is 0.946 bits per heavy atom. The SMILES string of the molecule is O=C(O)CC1CCN(Cc2ccc3c(c2)CCC(NCC(=O)c2ccc(-c4ccc(F)cc4)cc2)C3)C1. The summed E-state index contributed by atoms with van der Waals surface area (Å²) >= 11 is 0. The Kier molecular flexibility index (Phi) is 7.77. The molecule has 1 aliphatic carbocycles. The largest absolute Gasteiger partial charge is 0.481 e. The van der Waals surface area contributed by atoms with Gasteiger partial charge in [0.05, 0.1) is 6.54 Å². The van der Waals surface area contributed by atoms with Gasteiger partial charge in [0.15, 0.2) is 5.78 Å². The van der Waals surface area contributed by atoms with Gasteiger partial charge in [0.25, 0.3) is 0 Å². The molecule has 1 saturated heterocycles. The highest BCUT2D eigenvalue weighted by Crippen LogP contribution is 2.26. The van der Waals surface area contributed by atoms with E-state index >= 15 is 0 Å². The normalized spacial score (nSPS) is 19.5. The first-order valence-corrected chi connectivity index (χ1v) is 13.1. The fourth-order valence-electron chi connectivity index (χ4n) is 5.64. The first kappa shape index (κ1) is 25.3. The fraction of sp³-hybridized carbons (Fsp3) is 0.355. The molecule has 0 amide bonds. The van der Waals surface area contributed by atoms with E-state index in [0.717, 1.165) is 56.4 Å². The van der Waals surface area contributed by atoms with Gasteiger partial charge < -0.3 is 10.4 Å². The molecular formula is C31H33FN2O3. The number of fused-ring (bicyclic) bond motifs is 1. The van der Waals surface area contributed by atoms with E-state index in [0.29, 0.717) is 12.1 Å². The number of aryl methyl sites for hydroxylation is 1. The van der Waals surface area contributed by atoms with Crippen molar-refractivity contribution in [2.75, 3.05) is 19.6 Å². The van der Waals surface area contributed by atoms with Crippen molar-refractivity contribution in [2.24, 2.45) is 5.92 Å². The molecule has 5 nitrogen and oxygen atoms in total. The molecule has 0 aromatic heterocycles. The molecule has 0 bridgehead atoms. The maximum Gasteiger partial charge on any atom is 0.303 e. The van der Waals surface area contributed by atoms with Crippen molar-refractivity contribution in [2.45, 2.75) is 44.7 Å². The number of carbonyl (C=O) groups is 2. The molecular weight excluding hydrogens is 467 g/mol. The number of aliphatic carboxylic acids is 1. The minimum absolute atomic E-state index is 0.0682. The van der Waals surface area contributed by atoms with Gasteiger partial charge in [-0.1, -0.05) is 54.6 Å². The van der Waals surface area contributed by atoms with Gasteiger partial charge in [0.1, 0.15) is 5.82 Å². The van der Waals surface area contributed by atoms with Crippen LogP contribution in [0.5, 0.6) is 0 Å². The predicted octanol–water partition coefficient (Wildman–Crippen LogP) is 5.12. The molecule has 1 fully saturated rings. The highest BCUT2D eigenvalue weighted by molar-refractivity contribution is 5.98. The zero-order chi connectivity index (χ0) is 25.8. The second kappa shape index (κ2) is 11.4. The number of carboxylic acid groups (broad SMARTS) is 1. The van der Waals surface area contributed by atoms with Crippen molar-refractivity contribution in [3.63, 3.8) is 0 Å². The van der Waals surface area contributed by atoms with Gasteiger partial charge in [-0.15, -0.1) is 0 Å². The van der Waals surface area contributed by atoms with E-state index in [-0.39, 0.29) is 30.0 Å². The molecule has 37 heavy (non-hydrogen) atoms. The number of nitrogens with zero attached hydrogens (tertiary/aromatic N) is 1. The average Bonchev–Trinajstić information content (AvgIpc) is 3.33. The summed E-state index contributed by atoms with van der Waals surface area (Å²) in [5.74, 6) is -0.636. The highest BCUT2D eigenvalue weighted by atomic mass is 19.1. The quantitative estimate of drug-likeness (QED) is 0.399. The Bertz CT molecular complexity index is 1260. The third-order valence-electron chi connectivity index (χ3n) is 7.67. The van der Waals surface area contributed by atoms with Crippen LogP contribution in [0.1, 0.15) is 46.3 Å². The van der Waals surface area contributed by atoms with E-state index in [1.807, 2.05) is 24.3 Å². The Morgan fingerprint density at radius 3 is 2.41 bits per heavy atom. The van der Waals surface area contributed by atoms with E-state index in [4.69, 9.17) is 5.11 Å². The van der Waals surface area contributed by atoms with E-state index in [2.05, 4.69) is 28.4 Å². The van der Waals surface area contributed by atoms with Crippen molar-refractivity contribution >= 4 is 11.8 Å². The van der Waals surface area contributed by atoms with Crippen molar-refractivity contribution in [1.29, 1.82) is 0 Å². The van der Waals surface area contributed by atoms with Crippen molar-refractivity contribution < 1.29 is 19.1 Å². The van der Waals surface area contributed by atoms with Crippen molar-refractivity contribution in [3.8, 4) is 11.1 Å². The van der Waals surface area contributed by atoms with Crippen LogP contribution in [-0.4, -0.2) is 47.4 Å². The summed E-state index contributed by atoms with van der Waals surface area (Å²) < 4.78 is 13.2. The van der Waals surface area contributed by atoms with E-state index in [1.54, 1.807) is 12.1 Å². The minimum atomic E-state index is -0.703. The summed E-state index contributed by atoms with van der Waals surface area (Å²) in [6.07, 6.45) is 4.12. The smallest absolute Gasteiger partial charge is 0.303 e. The van der Waals surface area contributed by atoms with Crippen molar-refractivity contribution in [3.05, 3.63) is 94.8 Å². The lowest BCUT2D eigenvalue weighted by atomic mass is 9.87. The number of ketones is 1. The number of rotatable bonds is 9. The van der Waals surface area contributed by atoms with Gasteiger partial charge >= 0.3 is 5.97 Å². The summed E-state index contributed by atoms with van der Waals surface area (Å²) in [7, 11) is 0. The maximum atomic E-state index is 13.2. The second-order valence-corrected chi connectivity index (χ2v) is 10.4. The Labute approximate surface area is 217 Å². The highest BCUT2D eigenvalue weighted by Gasteiger charge is 2.25. The van der Waals surface area contributed by atoms with Crippen LogP contribution >= 0.6 is 0 Å².